The van der Waals surface area contributed by atoms with Gasteiger partial charge >= 0.3 is 12.1 Å². The molecule has 4 rings (SSSR count). The number of halogens is 3. The first kappa shape index (κ1) is 24.4. The van der Waals surface area contributed by atoms with E-state index < -0.39 is 12.1 Å². The van der Waals surface area contributed by atoms with Crippen molar-refractivity contribution < 1.29 is 32.6 Å². The van der Waals surface area contributed by atoms with Crippen molar-refractivity contribution in [2.45, 2.75) is 50.4 Å². The fourth-order valence-corrected chi connectivity index (χ4v) is 3.55. The molecule has 0 bridgehead atoms. The van der Waals surface area contributed by atoms with E-state index in [1.165, 1.54) is 12.8 Å². The summed E-state index contributed by atoms with van der Waals surface area (Å²) in [6, 6.07) is 11.7. The second-order valence-corrected chi connectivity index (χ2v) is 7.82. The van der Waals surface area contributed by atoms with Gasteiger partial charge in [-0.3, -0.25) is 4.79 Å². The number of carboxylic acids is 1. The predicted molar refractivity (Wildman–Crippen MR) is 113 cm³/mol. The molecule has 8 nitrogen and oxygen atoms in total. The summed E-state index contributed by atoms with van der Waals surface area (Å²) < 4.78 is 37.7. The number of hydrogen-bond acceptors (Lipinski definition) is 6. The van der Waals surface area contributed by atoms with Gasteiger partial charge in [0.25, 0.3) is 5.91 Å². The number of aliphatic carboxylic acids is 1. The van der Waals surface area contributed by atoms with Gasteiger partial charge in [0.1, 0.15) is 5.75 Å². The molecule has 0 spiro atoms. The summed E-state index contributed by atoms with van der Waals surface area (Å²) in [5.74, 6) is -2.03. The number of alkyl halides is 3. The number of carbonyl (C=O) groups is 2. The van der Waals surface area contributed by atoms with Crippen LogP contribution < -0.4 is 15.4 Å². The quantitative estimate of drug-likeness (QED) is 0.620. The third-order valence-corrected chi connectivity index (χ3v) is 5.29. The van der Waals surface area contributed by atoms with E-state index in [0.29, 0.717) is 11.8 Å². The SMILES string of the molecule is O=C(NC1CCNC1)c1ccc(-c2ccc(OC3CCCC3)cc2)nn1.O=C(O)C(F)(F)F. The molecule has 2 aliphatic rings. The lowest BCUT2D eigenvalue weighted by atomic mass is 10.1. The van der Waals surface area contributed by atoms with Crippen molar-refractivity contribution in [3.8, 4) is 17.0 Å². The number of nitrogens with zero attached hydrogens (tertiary/aromatic N) is 2. The van der Waals surface area contributed by atoms with Crippen molar-refractivity contribution in [3.05, 3.63) is 42.1 Å². The molecular formula is C22H25F3N4O4. The minimum absolute atomic E-state index is 0.168. The third-order valence-electron chi connectivity index (χ3n) is 5.29. The van der Waals surface area contributed by atoms with Crippen LogP contribution in [0.5, 0.6) is 5.75 Å². The number of carbonyl (C=O) groups excluding carboxylic acids is 1. The molecule has 1 saturated heterocycles. The molecule has 1 aromatic heterocycles. The molecule has 2 heterocycles. The number of hydrogen-bond donors (Lipinski definition) is 3. The largest absolute Gasteiger partial charge is 0.490 e. The molecule has 1 aliphatic carbocycles. The highest BCUT2D eigenvalue weighted by Crippen LogP contribution is 2.26. The fraction of sp³-hybridized carbons (Fsp3) is 0.455. The van der Waals surface area contributed by atoms with Crippen molar-refractivity contribution in [1.82, 2.24) is 20.8 Å². The molecule has 11 heteroatoms. The first-order valence-corrected chi connectivity index (χ1v) is 10.6. The first-order valence-electron chi connectivity index (χ1n) is 10.6. The highest BCUT2D eigenvalue weighted by molar-refractivity contribution is 5.92. The number of carboxylic acid groups (broad SMARTS) is 1. The molecule has 2 aromatic rings. The summed E-state index contributed by atoms with van der Waals surface area (Å²) in [5.41, 5.74) is 2.06. The standard InChI is InChI=1S/C20H24N4O2.C2HF3O2/c25-20(22-15-11-12-21-13-15)19-10-9-18(23-24-19)14-5-7-17(8-6-14)26-16-3-1-2-4-16;3-2(4,5)1(6)7/h5-10,15-16,21H,1-4,11-13H2,(H,22,25);(H,6,7). The maximum atomic E-state index is 12.2. The Morgan fingerprint density at radius 2 is 1.70 bits per heavy atom. The van der Waals surface area contributed by atoms with E-state index in [4.69, 9.17) is 14.6 Å². The molecule has 3 N–H and O–H groups in total. The topological polar surface area (TPSA) is 113 Å². The number of amides is 1. The predicted octanol–water partition coefficient (Wildman–Crippen LogP) is 3.19. The molecule has 1 aliphatic heterocycles. The Kier molecular flexibility index (Phi) is 8.21. The van der Waals surface area contributed by atoms with Crippen LogP contribution in [0.15, 0.2) is 36.4 Å². The summed E-state index contributed by atoms with van der Waals surface area (Å²) in [7, 11) is 0. The molecule has 1 atom stereocenters. The summed E-state index contributed by atoms with van der Waals surface area (Å²) in [6.07, 6.45) is 1.03. The summed E-state index contributed by atoms with van der Waals surface area (Å²) >= 11 is 0. The van der Waals surface area contributed by atoms with E-state index in [2.05, 4.69) is 20.8 Å². The van der Waals surface area contributed by atoms with Crippen LogP contribution in [0.1, 0.15) is 42.6 Å². The molecule has 1 amide bonds. The Bertz CT molecular complexity index is 924. The maximum absolute atomic E-state index is 12.2. The lowest BCUT2D eigenvalue weighted by molar-refractivity contribution is -0.192. The molecular weight excluding hydrogens is 441 g/mol. The van der Waals surface area contributed by atoms with Crippen LogP contribution >= 0.6 is 0 Å². The Balaban J connectivity index is 0.000000383. The van der Waals surface area contributed by atoms with Crippen molar-refractivity contribution >= 4 is 11.9 Å². The van der Waals surface area contributed by atoms with Crippen molar-refractivity contribution in [2.24, 2.45) is 0 Å². The van der Waals surface area contributed by atoms with Crippen molar-refractivity contribution in [2.75, 3.05) is 13.1 Å². The first-order chi connectivity index (χ1) is 15.7. The van der Waals surface area contributed by atoms with Gasteiger partial charge in [-0.25, -0.2) is 4.79 Å². The lowest BCUT2D eigenvalue weighted by Crippen LogP contribution is -2.36. The van der Waals surface area contributed by atoms with Crippen LogP contribution in [0.25, 0.3) is 11.3 Å². The number of nitrogens with one attached hydrogen (secondary N) is 2. The monoisotopic (exact) mass is 466 g/mol. The Morgan fingerprint density at radius 3 is 2.21 bits per heavy atom. The van der Waals surface area contributed by atoms with E-state index in [0.717, 1.165) is 49.4 Å². The smallest absolute Gasteiger partial charge is 0.490 e. The van der Waals surface area contributed by atoms with Gasteiger partial charge in [0.05, 0.1) is 11.8 Å². The second-order valence-electron chi connectivity index (χ2n) is 7.82. The number of rotatable bonds is 5. The fourth-order valence-electron chi connectivity index (χ4n) is 3.55. The molecule has 33 heavy (non-hydrogen) atoms. The lowest BCUT2D eigenvalue weighted by Gasteiger charge is -2.13. The van der Waals surface area contributed by atoms with Crippen LogP contribution in [0.2, 0.25) is 0 Å². The molecule has 1 aromatic carbocycles. The van der Waals surface area contributed by atoms with Gasteiger partial charge in [0, 0.05) is 18.2 Å². The zero-order valence-corrected chi connectivity index (χ0v) is 17.8. The normalized spacial score (nSPS) is 18.3. The van der Waals surface area contributed by atoms with E-state index in [9.17, 15) is 18.0 Å². The van der Waals surface area contributed by atoms with Crippen molar-refractivity contribution in [1.29, 1.82) is 0 Å². The van der Waals surface area contributed by atoms with E-state index >= 15 is 0 Å². The summed E-state index contributed by atoms with van der Waals surface area (Å²) in [5, 5.41) is 21.6. The Hall–Kier alpha value is -3.21. The number of ether oxygens (including phenoxy) is 1. The highest BCUT2D eigenvalue weighted by atomic mass is 19.4. The second kappa shape index (κ2) is 11.1. The van der Waals surface area contributed by atoms with E-state index in [-0.39, 0.29) is 11.9 Å². The minimum atomic E-state index is -5.08. The van der Waals surface area contributed by atoms with Gasteiger partial charge in [0.2, 0.25) is 0 Å². The van der Waals surface area contributed by atoms with Crippen LogP contribution in [0, 0.1) is 0 Å². The molecule has 2 fully saturated rings. The average Bonchev–Trinajstić information content (AvgIpc) is 3.49. The average molecular weight is 466 g/mol. The van der Waals surface area contributed by atoms with Crippen LogP contribution in [0.3, 0.4) is 0 Å². The zero-order chi connectivity index (χ0) is 23.8. The van der Waals surface area contributed by atoms with Gasteiger partial charge in [-0.1, -0.05) is 0 Å². The summed E-state index contributed by atoms with van der Waals surface area (Å²) in [4.78, 5) is 21.1. The maximum Gasteiger partial charge on any atom is 0.490 e. The molecule has 1 saturated carbocycles. The van der Waals surface area contributed by atoms with Gasteiger partial charge < -0.3 is 20.5 Å². The number of benzene rings is 1. The van der Waals surface area contributed by atoms with E-state index in [1.54, 1.807) is 6.07 Å². The molecule has 0 radical (unpaired) electrons. The Labute approximate surface area is 188 Å². The van der Waals surface area contributed by atoms with Crippen molar-refractivity contribution in [3.63, 3.8) is 0 Å². The van der Waals surface area contributed by atoms with Gasteiger partial charge in [-0.2, -0.15) is 13.2 Å². The number of aromatic nitrogens is 2. The highest BCUT2D eigenvalue weighted by Gasteiger charge is 2.38. The van der Waals surface area contributed by atoms with Gasteiger partial charge in [0.15, 0.2) is 5.69 Å². The molecule has 1 unspecified atom stereocenters. The van der Waals surface area contributed by atoms with Gasteiger partial charge in [-0.05, 0) is 75.0 Å². The van der Waals surface area contributed by atoms with Crippen LogP contribution in [-0.4, -0.2) is 58.6 Å². The minimum Gasteiger partial charge on any atom is -0.490 e. The van der Waals surface area contributed by atoms with Crippen LogP contribution in [-0.2, 0) is 4.79 Å². The Morgan fingerprint density at radius 1 is 1.03 bits per heavy atom. The van der Waals surface area contributed by atoms with Gasteiger partial charge in [-0.15, -0.1) is 10.2 Å². The summed E-state index contributed by atoms with van der Waals surface area (Å²) in [6.45, 7) is 1.75. The zero-order valence-electron chi connectivity index (χ0n) is 17.8. The van der Waals surface area contributed by atoms with Crippen LogP contribution in [0.4, 0.5) is 13.2 Å². The molecule has 178 valence electrons. The van der Waals surface area contributed by atoms with E-state index in [1.807, 2.05) is 30.3 Å². The third kappa shape index (κ3) is 7.41.